The standard InChI is InChI=1S/C20H20ClN3O3S/c1-3-24(17-7-5-4-6-14(17)2)19(25)13-28-20-23-22-18(27-20)12-26-16-10-8-15(21)9-11-16/h4-11H,3,12-13H2,1-2H3. The number of thioether (sulfide) groups is 1. The largest absolute Gasteiger partial charge is 0.484 e. The summed E-state index contributed by atoms with van der Waals surface area (Å²) in [5, 5.41) is 8.89. The van der Waals surface area contributed by atoms with E-state index >= 15 is 0 Å². The summed E-state index contributed by atoms with van der Waals surface area (Å²) in [5.41, 5.74) is 1.97. The lowest BCUT2D eigenvalue weighted by Gasteiger charge is -2.22. The summed E-state index contributed by atoms with van der Waals surface area (Å²) in [6.45, 7) is 4.68. The predicted molar refractivity (Wildman–Crippen MR) is 110 cm³/mol. The topological polar surface area (TPSA) is 68.5 Å². The van der Waals surface area contributed by atoms with Gasteiger partial charge in [-0.2, -0.15) is 0 Å². The van der Waals surface area contributed by atoms with E-state index in [9.17, 15) is 4.79 Å². The Labute approximate surface area is 172 Å². The second-order valence-electron chi connectivity index (χ2n) is 5.92. The summed E-state index contributed by atoms with van der Waals surface area (Å²) in [7, 11) is 0. The Hall–Kier alpha value is -2.51. The molecule has 0 radical (unpaired) electrons. The number of para-hydroxylation sites is 1. The number of hydrogen-bond donors (Lipinski definition) is 0. The molecule has 1 heterocycles. The third-order valence-corrected chi connectivity index (χ3v) is 5.02. The fraction of sp³-hybridized carbons (Fsp3) is 0.250. The van der Waals surface area contributed by atoms with Gasteiger partial charge in [0.25, 0.3) is 11.1 Å². The first-order valence-corrected chi connectivity index (χ1v) is 10.1. The van der Waals surface area contributed by atoms with Gasteiger partial charge in [0, 0.05) is 17.3 Å². The summed E-state index contributed by atoms with van der Waals surface area (Å²) >= 11 is 7.06. The average molecular weight is 418 g/mol. The van der Waals surface area contributed by atoms with E-state index in [2.05, 4.69) is 10.2 Å². The summed E-state index contributed by atoms with van der Waals surface area (Å²) < 4.78 is 11.1. The Morgan fingerprint density at radius 2 is 1.93 bits per heavy atom. The lowest BCUT2D eigenvalue weighted by Crippen LogP contribution is -2.32. The second-order valence-corrected chi connectivity index (χ2v) is 7.28. The fourth-order valence-corrected chi connectivity index (χ4v) is 3.36. The molecule has 0 aliphatic heterocycles. The number of carbonyl (C=O) groups excluding carboxylic acids is 1. The minimum Gasteiger partial charge on any atom is -0.484 e. The second kappa shape index (κ2) is 9.61. The number of halogens is 1. The van der Waals surface area contributed by atoms with Crippen molar-refractivity contribution in [2.75, 3.05) is 17.2 Å². The molecule has 3 rings (SSSR count). The maximum atomic E-state index is 12.6. The van der Waals surface area contributed by atoms with E-state index in [1.54, 1.807) is 29.2 Å². The zero-order chi connectivity index (χ0) is 19.9. The molecule has 0 atom stereocenters. The van der Waals surface area contributed by atoms with Crippen LogP contribution in [0.25, 0.3) is 0 Å². The molecule has 3 aromatic rings. The molecule has 1 aromatic heterocycles. The zero-order valence-corrected chi connectivity index (χ0v) is 17.2. The van der Waals surface area contributed by atoms with Crippen molar-refractivity contribution >= 4 is 35.0 Å². The van der Waals surface area contributed by atoms with Crippen molar-refractivity contribution in [3.05, 3.63) is 65.0 Å². The Morgan fingerprint density at radius 1 is 1.18 bits per heavy atom. The van der Waals surface area contributed by atoms with Gasteiger partial charge in [0.05, 0.1) is 5.75 Å². The van der Waals surface area contributed by atoms with Gasteiger partial charge >= 0.3 is 0 Å². The van der Waals surface area contributed by atoms with Crippen LogP contribution in [0, 0.1) is 6.92 Å². The molecule has 0 bridgehead atoms. The molecule has 6 nitrogen and oxygen atoms in total. The average Bonchev–Trinajstić information content (AvgIpc) is 3.16. The van der Waals surface area contributed by atoms with E-state index in [1.807, 2.05) is 38.1 Å². The normalized spacial score (nSPS) is 10.7. The Morgan fingerprint density at radius 3 is 2.64 bits per heavy atom. The van der Waals surface area contributed by atoms with Crippen LogP contribution in [0.4, 0.5) is 5.69 Å². The first kappa shape index (κ1) is 20.2. The van der Waals surface area contributed by atoms with Crippen molar-refractivity contribution in [2.24, 2.45) is 0 Å². The van der Waals surface area contributed by atoms with Gasteiger partial charge in [0.1, 0.15) is 5.75 Å². The van der Waals surface area contributed by atoms with Crippen LogP contribution in [0.3, 0.4) is 0 Å². The fourth-order valence-electron chi connectivity index (χ4n) is 2.58. The molecule has 2 aromatic carbocycles. The molecule has 8 heteroatoms. The van der Waals surface area contributed by atoms with Crippen LogP contribution in [0.5, 0.6) is 5.75 Å². The van der Waals surface area contributed by atoms with Gasteiger partial charge in [-0.25, -0.2) is 0 Å². The summed E-state index contributed by atoms with van der Waals surface area (Å²) in [4.78, 5) is 14.4. The minimum atomic E-state index is -0.0148. The van der Waals surface area contributed by atoms with Crippen molar-refractivity contribution in [2.45, 2.75) is 25.7 Å². The van der Waals surface area contributed by atoms with Crippen molar-refractivity contribution in [1.29, 1.82) is 0 Å². The maximum absolute atomic E-state index is 12.6. The number of nitrogens with zero attached hydrogens (tertiary/aromatic N) is 3. The van der Waals surface area contributed by atoms with E-state index in [4.69, 9.17) is 20.8 Å². The van der Waals surface area contributed by atoms with Gasteiger partial charge in [-0.3, -0.25) is 4.79 Å². The zero-order valence-electron chi connectivity index (χ0n) is 15.6. The van der Waals surface area contributed by atoms with E-state index in [0.29, 0.717) is 28.4 Å². The highest BCUT2D eigenvalue weighted by atomic mass is 35.5. The number of ether oxygens (including phenoxy) is 1. The highest BCUT2D eigenvalue weighted by Crippen LogP contribution is 2.23. The maximum Gasteiger partial charge on any atom is 0.277 e. The highest BCUT2D eigenvalue weighted by Gasteiger charge is 2.17. The molecule has 146 valence electrons. The van der Waals surface area contributed by atoms with Crippen LogP contribution in [0.1, 0.15) is 18.4 Å². The highest BCUT2D eigenvalue weighted by molar-refractivity contribution is 7.99. The van der Waals surface area contributed by atoms with Gasteiger partial charge in [-0.15, -0.1) is 10.2 Å². The molecular formula is C20H20ClN3O3S. The third kappa shape index (κ3) is 5.27. The molecular weight excluding hydrogens is 398 g/mol. The van der Waals surface area contributed by atoms with Gasteiger partial charge in [-0.05, 0) is 49.7 Å². The van der Waals surface area contributed by atoms with Gasteiger partial charge in [0.2, 0.25) is 5.91 Å². The number of rotatable bonds is 8. The van der Waals surface area contributed by atoms with Crippen molar-refractivity contribution < 1.29 is 13.9 Å². The molecule has 28 heavy (non-hydrogen) atoms. The Balaban J connectivity index is 1.54. The predicted octanol–water partition coefficient (Wildman–Crippen LogP) is 4.76. The van der Waals surface area contributed by atoms with E-state index in [0.717, 1.165) is 11.3 Å². The van der Waals surface area contributed by atoms with Crippen LogP contribution < -0.4 is 9.64 Å². The SMILES string of the molecule is CCN(C(=O)CSc1nnc(COc2ccc(Cl)cc2)o1)c1ccccc1C. The number of anilines is 1. The molecule has 0 fully saturated rings. The molecule has 0 spiro atoms. The van der Waals surface area contributed by atoms with Crippen LogP contribution >= 0.6 is 23.4 Å². The molecule has 0 aliphatic rings. The lowest BCUT2D eigenvalue weighted by atomic mass is 10.2. The van der Waals surface area contributed by atoms with Crippen molar-refractivity contribution in [1.82, 2.24) is 10.2 Å². The smallest absolute Gasteiger partial charge is 0.277 e. The minimum absolute atomic E-state index is 0.0148. The van der Waals surface area contributed by atoms with Crippen LogP contribution in [-0.2, 0) is 11.4 Å². The quantitative estimate of drug-likeness (QED) is 0.492. The van der Waals surface area contributed by atoms with Crippen LogP contribution in [0.15, 0.2) is 58.2 Å². The van der Waals surface area contributed by atoms with E-state index in [1.165, 1.54) is 11.8 Å². The third-order valence-electron chi connectivity index (χ3n) is 3.97. The van der Waals surface area contributed by atoms with Gasteiger partial charge < -0.3 is 14.1 Å². The first-order valence-electron chi connectivity index (χ1n) is 8.76. The Kier molecular flexibility index (Phi) is 6.95. The van der Waals surface area contributed by atoms with Crippen LogP contribution in [-0.4, -0.2) is 28.4 Å². The first-order chi connectivity index (χ1) is 13.6. The van der Waals surface area contributed by atoms with Crippen LogP contribution in [0.2, 0.25) is 5.02 Å². The van der Waals surface area contributed by atoms with Crippen molar-refractivity contribution in [3.63, 3.8) is 0 Å². The monoisotopic (exact) mass is 417 g/mol. The Bertz CT molecular complexity index is 930. The number of benzene rings is 2. The number of hydrogen-bond acceptors (Lipinski definition) is 6. The van der Waals surface area contributed by atoms with Gasteiger partial charge in [0.15, 0.2) is 6.61 Å². The summed E-state index contributed by atoms with van der Waals surface area (Å²) in [5.74, 6) is 1.20. The van der Waals surface area contributed by atoms with E-state index in [-0.39, 0.29) is 18.3 Å². The summed E-state index contributed by atoms with van der Waals surface area (Å²) in [6, 6.07) is 14.8. The summed E-state index contributed by atoms with van der Waals surface area (Å²) in [6.07, 6.45) is 0. The molecule has 0 saturated carbocycles. The lowest BCUT2D eigenvalue weighted by molar-refractivity contribution is -0.116. The van der Waals surface area contributed by atoms with Gasteiger partial charge in [-0.1, -0.05) is 41.6 Å². The number of amides is 1. The van der Waals surface area contributed by atoms with Crippen molar-refractivity contribution in [3.8, 4) is 5.75 Å². The molecule has 0 N–H and O–H groups in total. The number of carbonyl (C=O) groups is 1. The number of aromatic nitrogens is 2. The number of aryl methyl sites for hydroxylation is 1. The molecule has 0 unspecified atom stereocenters. The molecule has 0 saturated heterocycles. The molecule has 0 aliphatic carbocycles. The molecule has 1 amide bonds. The van der Waals surface area contributed by atoms with E-state index < -0.39 is 0 Å².